The Labute approximate surface area is 211 Å². The fourth-order valence-corrected chi connectivity index (χ4v) is 4.98. The smallest absolute Gasteiger partial charge is 0.328 e. The van der Waals surface area contributed by atoms with Crippen LogP contribution in [0.1, 0.15) is 69.8 Å². The van der Waals surface area contributed by atoms with Crippen LogP contribution in [0, 0.1) is 5.92 Å². The summed E-state index contributed by atoms with van der Waals surface area (Å²) >= 11 is 6.44. The third kappa shape index (κ3) is 6.36. The number of halogens is 1. The maximum atomic E-state index is 13.5. The number of hydrogen-bond acceptors (Lipinski definition) is 8. The molecule has 2 aromatic heterocycles. The van der Waals surface area contributed by atoms with Gasteiger partial charge in [0.1, 0.15) is 17.5 Å². The maximum absolute atomic E-state index is 13.5. The molecule has 35 heavy (non-hydrogen) atoms. The molecule has 4 atom stereocenters. The van der Waals surface area contributed by atoms with E-state index in [1.165, 1.54) is 0 Å². The van der Waals surface area contributed by atoms with Gasteiger partial charge < -0.3 is 10.1 Å². The Kier molecular flexibility index (Phi) is 10.00. The number of aromatic nitrogens is 4. The average Bonchev–Trinajstić information content (AvgIpc) is 3.40. The van der Waals surface area contributed by atoms with Gasteiger partial charge in [-0.05, 0) is 31.4 Å². The molecule has 0 aliphatic carbocycles. The van der Waals surface area contributed by atoms with E-state index in [2.05, 4.69) is 45.0 Å². The van der Waals surface area contributed by atoms with Gasteiger partial charge in [0.2, 0.25) is 0 Å². The van der Waals surface area contributed by atoms with Crippen LogP contribution in [0.3, 0.4) is 0 Å². The predicted molar refractivity (Wildman–Crippen MR) is 133 cm³/mol. The Bertz CT molecular complexity index is 941. The molecule has 1 saturated heterocycles. The fraction of sp³-hybridized carbons (Fsp3) is 0.625. The summed E-state index contributed by atoms with van der Waals surface area (Å²) in [7, 11) is 0. The number of hydrogen-bond donors (Lipinski definition) is 3. The fourth-order valence-electron chi connectivity index (χ4n) is 4.71. The third-order valence-corrected chi connectivity index (χ3v) is 6.79. The van der Waals surface area contributed by atoms with Crippen LogP contribution in [0.15, 0.2) is 30.9 Å². The number of esters is 1. The molecule has 3 rings (SSSR count). The number of nitrogens with one attached hydrogen (secondary N) is 3. The summed E-state index contributed by atoms with van der Waals surface area (Å²) < 4.78 is 7.24. The zero-order chi connectivity index (χ0) is 25.3. The van der Waals surface area contributed by atoms with Crippen molar-refractivity contribution in [1.82, 2.24) is 35.7 Å². The van der Waals surface area contributed by atoms with E-state index in [1.54, 1.807) is 42.3 Å². The first-order valence-corrected chi connectivity index (χ1v) is 12.8. The molecule has 3 N–H and O–H groups in total. The molecule has 3 heterocycles. The van der Waals surface area contributed by atoms with Crippen LogP contribution < -0.4 is 16.0 Å². The van der Waals surface area contributed by atoms with Gasteiger partial charge in [-0.1, -0.05) is 57.6 Å². The Morgan fingerprint density at radius 2 is 2.09 bits per heavy atom. The lowest BCUT2D eigenvalue weighted by Gasteiger charge is -2.49. The normalized spacial score (nSPS) is 23.0. The zero-order valence-electron chi connectivity index (χ0n) is 20.7. The van der Waals surface area contributed by atoms with Crippen LogP contribution in [-0.2, 0) is 9.53 Å². The van der Waals surface area contributed by atoms with Gasteiger partial charge in [0.05, 0.1) is 12.6 Å². The highest BCUT2D eigenvalue weighted by Gasteiger charge is 2.55. The van der Waals surface area contributed by atoms with Crippen LogP contribution >= 0.6 is 11.6 Å². The summed E-state index contributed by atoms with van der Waals surface area (Å²) in [6.45, 7) is 6.53. The lowest BCUT2D eigenvalue weighted by molar-refractivity contribution is -0.157. The monoisotopic (exact) mass is 505 g/mol. The predicted octanol–water partition coefficient (Wildman–Crippen LogP) is 2.77. The lowest BCUT2D eigenvalue weighted by Crippen LogP contribution is -2.77. The van der Waals surface area contributed by atoms with Crippen molar-refractivity contribution in [2.75, 3.05) is 13.2 Å². The Morgan fingerprint density at radius 3 is 2.71 bits per heavy atom. The second-order valence-corrected chi connectivity index (χ2v) is 9.17. The molecule has 1 aliphatic rings. The lowest BCUT2D eigenvalue weighted by atomic mass is 9.72. The molecule has 11 heteroatoms. The highest BCUT2D eigenvalue weighted by molar-refractivity contribution is 6.20. The van der Waals surface area contributed by atoms with Crippen LogP contribution in [-0.4, -0.2) is 62.0 Å². The van der Waals surface area contributed by atoms with Gasteiger partial charge in [0, 0.05) is 18.9 Å². The van der Waals surface area contributed by atoms with E-state index < -0.39 is 29.1 Å². The maximum Gasteiger partial charge on any atom is 0.328 e. The SMILES string of the molecule is CCCCCCC(CC)C1(C(=O)OCC)NC(Cl)NCC1NC(=O)c1ccc(-n2ccnc2)nn1. The van der Waals surface area contributed by atoms with Crippen molar-refractivity contribution in [2.45, 2.75) is 76.5 Å². The van der Waals surface area contributed by atoms with Crippen molar-refractivity contribution in [3.05, 3.63) is 36.5 Å². The van der Waals surface area contributed by atoms with E-state index in [9.17, 15) is 9.59 Å². The molecule has 0 bridgehead atoms. The first-order valence-electron chi connectivity index (χ1n) is 12.4. The highest BCUT2D eigenvalue weighted by atomic mass is 35.5. The summed E-state index contributed by atoms with van der Waals surface area (Å²) in [6.07, 6.45) is 10.9. The number of imidazole rings is 1. The molecule has 1 amide bonds. The minimum absolute atomic E-state index is 0.0817. The van der Waals surface area contributed by atoms with Gasteiger partial charge >= 0.3 is 5.97 Å². The van der Waals surface area contributed by atoms with E-state index in [0.717, 1.165) is 38.5 Å². The number of carbonyl (C=O) groups excluding carboxylic acids is 2. The van der Waals surface area contributed by atoms with E-state index in [-0.39, 0.29) is 18.2 Å². The second kappa shape index (κ2) is 12.9. The van der Waals surface area contributed by atoms with E-state index in [4.69, 9.17) is 16.3 Å². The van der Waals surface area contributed by atoms with Gasteiger partial charge in [-0.25, -0.2) is 9.78 Å². The van der Waals surface area contributed by atoms with Gasteiger partial charge in [-0.2, -0.15) is 0 Å². The molecule has 192 valence electrons. The number of nitrogens with zero attached hydrogens (tertiary/aromatic N) is 4. The van der Waals surface area contributed by atoms with Gasteiger partial charge in [-0.3, -0.25) is 20.0 Å². The summed E-state index contributed by atoms with van der Waals surface area (Å²) in [6, 6.07) is 2.69. The number of amides is 1. The molecule has 1 fully saturated rings. The highest BCUT2D eigenvalue weighted by Crippen LogP contribution is 2.34. The topological polar surface area (TPSA) is 123 Å². The largest absolute Gasteiger partial charge is 0.465 e. The summed E-state index contributed by atoms with van der Waals surface area (Å²) in [5.74, 6) is -0.363. The number of ether oxygens (including phenoxy) is 1. The van der Waals surface area contributed by atoms with E-state index in [0.29, 0.717) is 12.4 Å². The first-order chi connectivity index (χ1) is 17.0. The number of alkyl halides is 1. The number of carbonyl (C=O) groups is 2. The van der Waals surface area contributed by atoms with Crippen LogP contribution in [0.25, 0.3) is 5.82 Å². The van der Waals surface area contributed by atoms with Crippen molar-refractivity contribution in [3.63, 3.8) is 0 Å². The molecule has 10 nitrogen and oxygen atoms in total. The van der Waals surface area contributed by atoms with Crippen molar-refractivity contribution >= 4 is 23.5 Å². The van der Waals surface area contributed by atoms with Crippen molar-refractivity contribution in [1.29, 1.82) is 0 Å². The summed E-state index contributed by atoms with van der Waals surface area (Å²) in [5.41, 5.74) is -1.66. The van der Waals surface area contributed by atoms with E-state index in [1.807, 2.05) is 0 Å². The van der Waals surface area contributed by atoms with Gasteiger partial charge in [-0.15, -0.1) is 10.2 Å². The number of rotatable bonds is 12. The van der Waals surface area contributed by atoms with Crippen LogP contribution in [0.4, 0.5) is 0 Å². The molecule has 4 unspecified atom stereocenters. The minimum atomic E-state index is -1.17. The minimum Gasteiger partial charge on any atom is -0.465 e. The van der Waals surface area contributed by atoms with Gasteiger partial charge in [0.15, 0.2) is 11.5 Å². The van der Waals surface area contributed by atoms with Gasteiger partial charge in [0.25, 0.3) is 5.91 Å². The molecule has 0 radical (unpaired) electrons. The summed E-state index contributed by atoms with van der Waals surface area (Å²) in [4.78, 5) is 30.7. The molecular weight excluding hydrogens is 470 g/mol. The second-order valence-electron chi connectivity index (χ2n) is 8.73. The zero-order valence-corrected chi connectivity index (χ0v) is 21.4. The molecule has 0 spiro atoms. The molecule has 1 aliphatic heterocycles. The van der Waals surface area contributed by atoms with Crippen LogP contribution in [0.5, 0.6) is 0 Å². The van der Waals surface area contributed by atoms with E-state index >= 15 is 0 Å². The molecular formula is C24H36ClN7O3. The Balaban J connectivity index is 1.85. The summed E-state index contributed by atoms with van der Waals surface area (Å²) in [5, 5.41) is 17.6. The van der Waals surface area contributed by atoms with Crippen molar-refractivity contribution in [2.24, 2.45) is 5.92 Å². The quantitative estimate of drug-likeness (QED) is 0.174. The average molecular weight is 506 g/mol. The molecule has 2 aromatic rings. The first kappa shape index (κ1) is 27.0. The standard InChI is InChI=1S/C24H36ClN7O3/c1-4-7-8-9-10-17(5-2)24(22(34)35-6-3)19(15-27-23(25)29-24)28-21(33)18-11-12-20(31-30-18)32-14-13-26-16-32/h11-14,16-17,19,23,27,29H,4-10,15H2,1-3H3,(H,28,33). The van der Waals surface area contributed by atoms with Crippen LogP contribution in [0.2, 0.25) is 0 Å². The molecule has 0 saturated carbocycles. The van der Waals surface area contributed by atoms with Crippen molar-refractivity contribution < 1.29 is 14.3 Å². The third-order valence-electron chi connectivity index (χ3n) is 6.53. The molecule has 0 aromatic carbocycles. The Hall–Kier alpha value is -2.56. The Morgan fingerprint density at radius 1 is 1.26 bits per heavy atom. The van der Waals surface area contributed by atoms with Crippen molar-refractivity contribution in [3.8, 4) is 5.82 Å². The number of unbranched alkanes of at least 4 members (excludes halogenated alkanes) is 3.